The van der Waals surface area contributed by atoms with Gasteiger partial charge in [0.15, 0.2) is 0 Å². The molecule has 114 valence electrons. The lowest BCUT2D eigenvalue weighted by atomic mass is 10.0. The summed E-state index contributed by atoms with van der Waals surface area (Å²) in [6, 6.07) is -0.242. The van der Waals surface area contributed by atoms with Crippen molar-refractivity contribution in [2.24, 2.45) is 13.0 Å². The Morgan fingerprint density at radius 2 is 2.30 bits per heavy atom. The predicted molar refractivity (Wildman–Crippen MR) is 76.7 cm³/mol. The quantitative estimate of drug-likeness (QED) is 0.887. The monoisotopic (exact) mass is 301 g/mol. The van der Waals surface area contributed by atoms with Crippen molar-refractivity contribution in [2.75, 3.05) is 12.4 Å². The van der Waals surface area contributed by atoms with Gasteiger partial charge in [0.1, 0.15) is 11.9 Å². The third-order valence-corrected chi connectivity index (χ3v) is 5.09. The molecule has 0 saturated carbocycles. The highest BCUT2D eigenvalue weighted by Crippen LogP contribution is 2.27. The van der Waals surface area contributed by atoms with Crippen molar-refractivity contribution in [3.8, 4) is 0 Å². The lowest BCUT2D eigenvalue weighted by Gasteiger charge is -2.31. The Hall–Kier alpha value is -0.920. The summed E-state index contributed by atoms with van der Waals surface area (Å²) in [4.78, 5) is 4.28. The molecule has 7 heteroatoms. The van der Waals surface area contributed by atoms with Gasteiger partial charge in [-0.2, -0.15) is 0 Å². The van der Waals surface area contributed by atoms with Crippen molar-refractivity contribution in [1.82, 2.24) is 14.3 Å². The van der Waals surface area contributed by atoms with E-state index in [4.69, 9.17) is 4.74 Å². The maximum Gasteiger partial charge on any atom is 0.212 e. The van der Waals surface area contributed by atoms with Crippen molar-refractivity contribution in [3.05, 3.63) is 18.2 Å². The van der Waals surface area contributed by atoms with Gasteiger partial charge in [-0.05, 0) is 18.8 Å². The SMILES string of the molecule is CC(C)CS(=O)(=O)N[C@@H]1CCCO[C@H]1c1nccn1C. The summed E-state index contributed by atoms with van der Waals surface area (Å²) in [6.07, 6.45) is 4.86. The van der Waals surface area contributed by atoms with E-state index in [-0.39, 0.29) is 23.8 Å². The van der Waals surface area contributed by atoms with E-state index < -0.39 is 10.0 Å². The van der Waals surface area contributed by atoms with Gasteiger partial charge in [-0.25, -0.2) is 18.1 Å². The van der Waals surface area contributed by atoms with Crippen LogP contribution in [0.2, 0.25) is 0 Å². The molecular formula is C13H23N3O3S. The van der Waals surface area contributed by atoms with Gasteiger partial charge < -0.3 is 9.30 Å². The largest absolute Gasteiger partial charge is 0.369 e. The Labute approximate surface area is 120 Å². The van der Waals surface area contributed by atoms with Gasteiger partial charge in [0, 0.05) is 26.0 Å². The Bertz CT molecular complexity index is 539. The first kappa shape index (κ1) is 15.5. The highest BCUT2D eigenvalue weighted by atomic mass is 32.2. The van der Waals surface area contributed by atoms with E-state index in [1.165, 1.54) is 0 Å². The molecule has 2 rings (SSSR count). The normalized spacial score (nSPS) is 24.2. The Morgan fingerprint density at radius 1 is 1.55 bits per heavy atom. The number of nitrogens with zero attached hydrogens (tertiary/aromatic N) is 2. The fraction of sp³-hybridized carbons (Fsp3) is 0.769. The van der Waals surface area contributed by atoms with Gasteiger partial charge in [0.2, 0.25) is 10.0 Å². The zero-order chi connectivity index (χ0) is 14.8. The number of hydrogen-bond donors (Lipinski definition) is 1. The minimum atomic E-state index is -3.28. The number of hydrogen-bond acceptors (Lipinski definition) is 4. The number of aromatic nitrogens is 2. The lowest BCUT2D eigenvalue weighted by Crippen LogP contribution is -2.44. The van der Waals surface area contributed by atoms with Crippen LogP contribution in [0.1, 0.15) is 38.6 Å². The summed E-state index contributed by atoms with van der Waals surface area (Å²) in [7, 11) is -1.40. The Balaban J connectivity index is 2.14. The molecule has 1 saturated heterocycles. The number of imidazole rings is 1. The molecule has 1 fully saturated rings. The second-order valence-corrected chi connectivity index (χ2v) is 7.53. The molecule has 1 N–H and O–H groups in total. The number of nitrogens with one attached hydrogen (secondary N) is 1. The van der Waals surface area contributed by atoms with Crippen molar-refractivity contribution >= 4 is 10.0 Å². The van der Waals surface area contributed by atoms with Crippen LogP contribution in [0.25, 0.3) is 0 Å². The van der Waals surface area contributed by atoms with E-state index in [0.29, 0.717) is 6.61 Å². The minimum absolute atomic E-state index is 0.101. The van der Waals surface area contributed by atoms with Crippen LogP contribution in [0.5, 0.6) is 0 Å². The second kappa shape index (κ2) is 6.24. The topological polar surface area (TPSA) is 73.2 Å². The minimum Gasteiger partial charge on any atom is -0.369 e. The third-order valence-electron chi connectivity index (χ3n) is 3.32. The molecule has 0 aliphatic carbocycles. The summed E-state index contributed by atoms with van der Waals surface area (Å²) >= 11 is 0. The van der Waals surface area contributed by atoms with E-state index in [2.05, 4.69) is 9.71 Å². The molecule has 0 spiro atoms. The van der Waals surface area contributed by atoms with Crippen LogP contribution >= 0.6 is 0 Å². The Morgan fingerprint density at radius 3 is 2.90 bits per heavy atom. The van der Waals surface area contributed by atoms with Crippen LogP contribution in [-0.2, 0) is 21.8 Å². The van der Waals surface area contributed by atoms with E-state index in [1.54, 1.807) is 6.20 Å². The average molecular weight is 301 g/mol. The van der Waals surface area contributed by atoms with E-state index in [9.17, 15) is 8.42 Å². The number of ether oxygens (including phenoxy) is 1. The molecule has 1 aromatic rings. The van der Waals surface area contributed by atoms with Crippen LogP contribution in [0, 0.1) is 5.92 Å². The molecule has 0 aromatic carbocycles. The number of rotatable bonds is 5. The van der Waals surface area contributed by atoms with E-state index in [0.717, 1.165) is 18.7 Å². The molecule has 0 bridgehead atoms. The predicted octanol–water partition coefficient (Wildman–Crippen LogP) is 1.22. The van der Waals surface area contributed by atoms with Crippen LogP contribution in [0.4, 0.5) is 0 Å². The summed E-state index contributed by atoms with van der Waals surface area (Å²) in [5, 5.41) is 0. The molecule has 6 nitrogen and oxygen atoms in total. The standard InChI is InChI=1S/C13H23N3O3S/c1-10(2)9-20(17,18)15-11-5-4-8-19-12(11)13-14-6-7-16(13)3/h6-7,10-12,15H,4-5,8-9H2,1-3H3/t11-,12-/m1/s1. The van der Waals surface area contributed by atoms with Gasteiger partial charge in [-0.3, -0.25) is 0 Å². The molecule has 2 heterocycles. The van der Waals surface area contributed by atoms with E-state index in [1.807, 2.05) is 31.7 Å². The molecule has 20 heavy (non-hydrogen) atoms. The van der Waals surface area contributed by atoms with Crippen LogP contribution in [0.15, 0.2) is 12.4 Å². The summed E-state index contributed by atoms with van der Waals surface area (Å²) < 4.78 is 34.6. The number of aryl methyl sites for hydroxylation is 1. The smallest absolute Gasteiger partial charge is 0.212 e. The van der Waals surface area contributed by atoms with Crippen LogP contribution in [0.3, 0.4) is 0 Å². The van der Waals surface area contributed by atoms with Gasteiger partial charge >= 0.3 is 0 Å². The zero-order valence-corrected chi connectivity index (χ0v) is 13.1. The summed E-state index contributed by atoms with van der Waals surface area (Å²) in [6.45, 7) is 4.43. The molecule has 0 radical (unpaired) electrons. The van der Waals surface area contributed by atoms with Crippen molar-refractivity contribution in [2.45, 2.75) is 38.8 Å². The molecule has 2 atom stereocenters. The van der Waals surface area contributed by atoms with Crippen molar-refractivity contribution in [3.63, 3.8) is 0 Å². The molecule has 1 aliphatic rings. The van der Waals surface area contributed by atoms with Crippen molar-refractivity contribution in [1.29, 1.82) is 0 Å². The van der Waals surface area contributed by atoms with Gasteiger partial charge in [0.25, 0.3) is 0 Å². The maximum atomic E-state index is 12.1. The summed E-state index contributed by atoms with van der Waals surface area (Å²) in [5.41, 5.74) is 0. The Kier molecular flexibility index (Phi) is 4.82. The van der Waals surface area contributed by atoms with Gasteiger partial charge in [0.05, 0.1) is 11.8 Å². The zero-order valence-electron chi connectivity index (χ0n) is 12.2. The second-order valence-electron chi connectivity index (χ2n) is 5.73. The molecule has 1 aliphatic heterocycles. The first-order chi connectivity index (χ1) is 9.39. The molecule has 0 unspecified atom stereocenters. The van der Waals surface area contributed by atoms with Gasteiger partial charge in [-0.15, -0.1) is 0 Å². The fourth-order valence-electron chi connectivity index (χ4n) is 2.53. The number of sulfonamides is 1. The lowest BCUT2D eigenvalue weighted by molar-refractivity contribution is -0.0112. The van der Waals surface area contributed by atoms with Crippen molar-refractivity contribution < 1.29 is 13.2 Å². The first-order valence-electron chi connectivity index (χ1n) is 6.98. The summed E-state index contributed by atoms with van der Waals surface area (Å²) in [5.74, 6) is 1.00. The van der Waals surface area contributed by atoms with Gasteiger partial charge in [-0.1, -0.05) is 13.8 Å². The molecule has 1 aromatic heterocycles. The highest BCUT2D eigenvalue weighted by molar-refractivity contribution is 7.89. The highest BCUT2D eigenvalue weighted by Gasteiger charge is 2.33. The first-order valence-corrected chi connectivity index (χ1v) is 8.63. The molecule has 0 amide bonds. The maximum absolute atomic E-state index is 12.1. The van der Waals surface area contributed by atoms with E-state index >= 15 is 0 Å². The average Bonchev–Trinajstić information content (AvgIpc) is 2.73. The van der Waals surface area contributed by atoms with Crippen LogP contribution < -0.4 is 4.72 Å². The van der Waals surface area contributed by atoms with Crippen LogP contribution in [-0.4, -0.2) is 36.4 Å². The molecular weight excluding hydrogens is 278 g/mol. The fourth-order valence-corrected chi connectivity index (χ4v) is 4.20. The third kappa shape index (κ3) is 3.80.